The number of amides is 1. The normalized spacial score (nSPS) is 11.9. The maximum atomic E-state index is 13.0. The zero-order valence-corrected chi connectivity index (χ0v) is 16.2. The highest BCUT2D eigenvalue weighted by Gasteiger charge is 2.25. The second-order valence-corrected chi connectivity index (χ2v) is 7.42. The zero-order valence-electron chi connectivity index (χ0n) is 16.2. The third kappa shape index (κ3) is 3.09. The van der Waals surface area contributed by atoms with E-state index in [1.165, 1.54) is 0 Å². The Labute approximate surface area is 153 Å². The number of nitrogens with one attached hydrogen (secondary N) is 2. The first kappa shape index (κ1) is 18.1. The average molecular weight is 354 g/mol. The summed E-state index contributed by atoms with van der Waals surface area (Å²) in [6.07, 6.45) is 1.75. The van der Waals surface area contributed by atoms with Crippen LogP contribution in [-0.2, 0) is 0 Å². The molecule has 0 bridgehead atoms. The molecule has 3 aromatic heterocycles. The third-order valence-corrected chi connectivity index (χ3v) is 4.03. The van der Waals surface area contributed by atoms with Crippen molar-refractivity contribution in [1.82, 2.24) is 24.9 Å². The number of hydrogen-bond acceptors (Lipinski definition) is 5. The van der Waals surface area contributed by atoms with Crippen LogP contribution in [0.3, 0.4) is 0 Å². The Morgan fingerprint density at radius 2 is 1.77 bits per heavy atom. The Morgan fingerprint density at radius 1 is 1.04 bits per heavy atom. The van der Waals surface area contributed by atoms with E-state index in [2.05, 4.69) is 39.7 Å². The first-order chi connectivity index (χ1) is 12.3. The number of nitrogens with zero attached hydrogens (tertiary/aromatic N) is 4. The summed E-state index contributed by atoms with van der Waals surface area (Å²) >= 11 is 0. The second-order valence-electron chi connectivity index (χ2n) is 7.42. The standard InChI is InChI=1S/C19H26N6O/c1-10(2)16-23-24-18-14(19(26)22-12(5)6)15(21-11(3)4)13-8-7-9-20-17(13)25(16)18/h7-12,21H,1-6H3,(H,22,26). The van der Waals surface area contributed by atoms with Gasteiger partial charge in [-0.15, -0.1) is 10.2 Å². The van der Waals surface area contributed by atoms with Gasteiger partial charge in [0.05, 0.1) is 5.69 Å². The Hall–Kier alpha value is -2.70. The summed E-state index contributed by atoms with van der Waals surface area (Å²) in [5.74, 6) is 0.778. The lowest BCUT2D eigenvalue weighted by Gasteiger charge is -2.19. The average Bonchev–Trinajstić information content (AvgIpc) is 2.98. The molecular weight excluding hydrogens is 328 g/mol. The predicted octanol–water partition coefficient (Wildman–Crippen LogP) is 3.36. The quantitative estimate of drug-likeness (QED) is 0.734. The Balaban J connectivity index is 2.45. The van der Waals surface area contributed by atoms with Crippen molar-refractivity contribution in [3.05, 3.63) is 29.7 Å². The topological polar surface area (TPSA) is 84.2 Å². The second kappa shape index (κ2) is 6.90. The fourth-order valence-corrected chi connectivity index (χ4v) is 3.05. The van der Waals surface area contributed by atoms with E-state index in [-0.39, 0.29) is 23.9 Å². The Morgan fingerprint density at radius 3 is 2.38 bits per heavy atom. The van der Waals surface area contributed by atoms with E-state index in [0.717, 1.165) is 22.5 Å². The van der Waals surface area contributed by atoms with Gasteiger partial charge in [0.25, 0.3) is 5.91 Å². The molecule has 3 aromatic rings. The van der Waals surface area contributed by atoms with Crippen LogP contribution in [0.2, 0.25) is 0 Å². The number of hydrogen-bond donors (Lipinski definition) is 2. The van der Waals surface area contributed by atoms with Gasteiger partial charge < -0.3 is 10.6 Å². The maximum absolute atomic E-state index is 13.0. The van der Waals surface area contributed by atoms with Gasteiger partial charge in [0.2, 0.25) is 0 Å². The van der Waals surface area contributed by atoms with E-state index in [1.807, 2.05) is 44.2 Å². The molecule has 0 aliphatic rings. The largest absolute Gasteiger partial charge is 0.382 e. The fourth-order valence-electron chi connectivity index (χ4n) is 3.05. The van der Waals surface area contributed by atoms with Crippen molar-refractivity contribution in [3.63, 3.8) is 0 Å². The highest BCUT2D eigenvalue weighted by atomic mass is 16.1. The molecule has 0 saturated heterocycles. The van der Waals surface area contributed by atoms with E-state index in [1.54, 1.807) is 6.20 Å². The first-order valence-electron chi connectivity index (χ1n) is 9.04. The van der Waals surface area contributed by atoms with Crippen molar-refractivity contribution in [2.24, 2.45) is 0 Å². The van der Waals surface area contributed by atoms with Crippen molar-refractivity contribution in [1.29, 1.82) is 0 Å². The molecule has 0 unspecified atom stereocenters. The van der Waals surface area contributed by atoms with Crippen molar-refractivity contribution in [3.8, 4) is 0 Å². The summed E-state index contributed by atoms with van der Waals surface area (Å²) < 4.78 is 1.90. The van der Waals surface area contributed by atoms with E-state index in [4.69, 9.17) is 0 Å². The van der Waals surface area contributed by atoms with E-state index in [0.29, 0.717) is 11.2 Å². The lowest BCUT2D eigenvalue weighted by molar-refractivity contribution is 0.0945. The number of carbonyl (C=O) groups excluding carboxylic acids is 1. The molecule has 0 aliphatic carbocycles. The molecule has 0 aromatic carbocycles. The van der Waals surface area contributed by atoms with E-state index in [9.17, 15) is 4.79 Å². The Kier molecular flexibility index (Phi) is 4.80. The third-order valence-electron chi connectivity index (χ3n) is 4.03. The molecule has 0 radical (unpaired) electrons. The Bertz CT molecular complexity index is 957. The fraction of sp³-hybridized carbons (Fsp3) is 0.474. The number of fused-ring (bicyclic) bond motifs is 3. The number of rotatable bonds is 5. The van der Waals surface area contributed by atoms with Crippen molar-refractivity contribution in [2.75, 3.05) is 5.32 Å². The lowest BCUT2D eigenvalue weighted by atomic mass is 10.1. The molecule has 7 heteroatoms. The van der Waals surface area contributed by atoms with Crippen LogP contribution >= 0.6 is 0 Å². The summed E-state index contributed by atoms with van der Waals surface area (Å²) in [5.41, 5.74) is 2.53. The van der Waals surface area contributed by atoms with Crippen LogP contribution in [0.25, 0.3) is 16.7 Å². The SMILES string of the molecule is CC(C)NC(=O)c1c(NC(C)C)c2cccnc2n2c(C(C)C)nnc12. The van der Waals surface area contributed by atoms with Gasteiger partial charge in [-0.05, 0) is 39.8 Å². The van der Waals surface area contributed by atoms with Gasteiger partial charge in [-0.1, -0.05) is 13.8 Å². The minimum Gasteiger partial charge on any atom is -0.382 e. The molecule has 3 rings (SSSR count). The number of anilines is 1. The summed E-state index contributed by atoms with van der Waals surface area (Å²) in [6, 6.07) is 4.02. The van der Waals surface area contributed by atoms with Crippen LogP contribution in [-0.4, -0.2) is 37.6 Å². The number of carbonyl (C=O) groups is 1. The molecule has 0 fully saturated rings. The van der Waals surface area contributed by atoms with Crippen molar-refractivity contribution in [2.45, 2.75) is 59.5 Å². The van der Waals surface area contributed by atoms with Gasteiger partial charge in [0.15, 0.2) is 5.65 Å². The first-order valence-corrected chi connectivity index (χ1v) is 9.04. The van der Waals surface area contributed by atoms with Crippen molar-refractivity contribution >= 4 is 28.3 Å². The van der Waals surface area contributed by atoms with E-state index < -0.39 is 0 Å². The number of pyridine rings is 2. The predicted molar refractivity (Wildman–Crippen MR) is 104 cm³/mol. The van der Waals surface area contributed by atoms with Crippen LogP contribution in [0.1, 0.15) is 63.6 Å². The van der Waals surface area contributed by atoms with Gasteiger partial charge in [-0.25, -0.2) is 4.98 Å². The molecule has 138 valence electrons. The maximum Gasteiger partial charge on any atom is 0.257 e. The van der Waals surface area contributed by atoms with Gasteiger partial charge >= 0.3 is 0 Å². The lowest BCUT2D eigenvalue weighted by Crippen LogP contribution is -2.32. The molecule has 2 N–H and O–H groups in total. The molecule has 1 amide bonds. The minimum absolute atomic E-state index is 0.0199. The van der Waals surface area contributed by atoms with Crippen LogP contribution in [0, 0.1) is 0 Å². The van der Waals surface area contributed by atoms with Crippen LogP contribution in [0.5, 0.6) is 0 Å². The van der Waals surface area contributed by atoms with Crippen LogP contribution < -0.4 is 10.6 Å². The van der Waals surface area contributed by atoms with Gasteiger partial charge in [-0.3, -0.25) is 9.20 Å². The highest BCUT2D eigenvalue weighted by molar-refractivity contribution is 6.12. The summed E-state index contributed by atoms with van der Waals surface area (Å²) in [5, 5.41) is 16.0. The highest BCUT2D eigenvalue weighted by Crippen LogP contribution is 2.32. The molecule has 0 spiro atoms. The van der Waals surface area contributed by atoms with Crippen LogP contribution in [0.4, 0.5) is 5.69 Å². The summed E-state index contributed by atoms with van der Waals surface area (Å²) in [7, 11) is 0. The van der Waals surface area contributed by atoms with Crippen LogP contribution in [0.15, 0.2) is 18.3 Å². The van der Waals surface area contributed by atoms with Gasteiger partial charge in [-0.2, -0.15) is 0 Å². The summed E-state index contributed by atoms with van der Waals surface area (Å²) in [4.78, 5) is 17.6. The molecule has 3 heterocycles. The monoisotopic (exact) mass is 354 g/mol. The molecule has 0 saturated carbocycles. The van der Waals surface area contributed by atoms with Gasteiger partial charge in [0.1, 0.15) is 17.0 Å². The molecule has 0 aliphatic heterocycles. The molecule has 0 atom stereocenters. The van der Waals surface area contributed by atoms with E-state index >= 15 is 0 Å². The van der Waals surface area contributed by atoms with Gasteiger partial charge in [0, 0.05) is 29.6 Å². The zero-order chi connectivity index (χ0) is 19.0. The van der Waals surface area contributed by atoms with Crippen molar-refractivity contribution < 1.29 is 4.79 Å². The summed E-state index contributed by atoms with van der Waals surface area (Å²) in [6.45, 7) is 12.1. The number of aromatic nitrogens is 4. The minimum atomic E-state index is -0.165. The molecular formula is C19H26N6O. The molecule has 26 heavy (non-hydrogen) atoms. The molecule has 7 nitrogen and oxygen atoms in total. The smallest absolute Gasteiger partial charge is 0.257 e.